The van der Waals surface area contributed by atoms with Gasteiger partial charge in [0.25, 0.3) is 5.56 Å². The summed E-state index contributed by atoms with van der Waals surface area (Å²) >= 11 is 12.2. The lowest BCUT2D eigenvalue weighted by molar-refractivity contribution is 0.295. The van der Waals surface area contributed by atoms with Crippen molar-refractivity contribution in [2.45, 2.75) is 24.8 Å². The van der Waals surface area contributed by atoms with Crippen LogP contribution in [0.3, 0.4) is 0 Å². The number of hydrogen-bond acceptors (Lipinski definition) is 3. The molecule has 0 amide bonds. The predicted octanol–water partition coefficient (Wildman–Crippen LogP) is 3.48. The molecule has 3 rings (SSSR count). The average Bonchev–Trinajstić information content (AvgIpc) is 2.86. The van der Waals surface area contributed by atoms with Gasteiger partial charge >= 0.3 is 0 Å². The van der Waals surface area contributed by atoms with E-state index in [1.54, 1.807) is 6.07 Å². The van der Waals surface area contributed by atoms with E-state index in [1.165, 1.54) is 6.07 Å². The fraction of sp³-hybridized carbons (Fsp3) is 0.357. The molecule has 0 saturated carbocycles. The van der Waals surface area contributed by atoms with Crippen molar-refractivity contribution < 1.29 is 4.52 Å². The third-order valence-electron chi connectivity index (χ3n) is 3.69. The number of aromatic nitrogens is 1. The fourth-order valence-corrected chi connectivity index (χ4v) is 3.24. The number of nitrogens with one attached hydrogen (secondary N) is 2. The van der Waals surface area contributed by atoms with Gasteiger partial charge in [0.1, 0.15) is 5.76 Å². The Morgan fingerprint density at radius 3 is 2.80 bits per heavy atom. The Kier molecular flexibility index (Phi) is 3.87. The first kappa shape index (κ1) is 13.7. The van der Waals surface area contributed by atoms with Crippen molar-refractivity contribution in [3.63, 3.8) is 0 Å². The van der Waals surface area contributed by atoms with Gasteiger partial charge in [-0.25, -0.2) is 0 Å². The minimum absolute atomic E-state index is 0.138. The molecule has 0 radical (unpaired) electrons. The zero-order valence-corrected chi connectivity index (χ0v) is 12.2. The van der Waals surface area contributed by atoms with Crippen LogP contribution in [0, 0.1) is 0 Å². The number of piperidine rings is 1. The van der Waals surface area contributed by atoms with Crippen molar-refractivity contribution in [1.29, 1.82) is 0 Å². The molecule has 2 aromatic rings. The molecule has 2 atom stereocenters. The Bertz CT molecular complexity index is 665. The van der Waals surface area contributed by atoms with E-state index in [0.717, 1.165) is 24.9 Å². The van der Waals surface area contributed by atoms with Gasteiger partial charge in [-0.05, 0) is 37.1 Å². The largest absolute Gasteiger partial charge is 0.383 e. The summed E-state index contributed by atoms with van der Waals surface area (Å²) in [6.45, 7) is 0.850. The van der Waals surface area contributed by atoms with Crippen LogP contribution in [0.15, 0.2) is 33.6 Å². The molecule has 1 fully saturated rings. The minimum atomic E-state index is -0.195. The summed E-state index contributed by atoms with van der Waals surface area (Å²) < 4.78 is 5.22. The predicted molar refractivity (Wildman–Crippen MR) is 78.5 cm³/mol. The molecule has 1 aliphatic heterocycles. The molecule has 2 N–H and O–H groups in total. The van der Waals surface area contributed by atoms with Gasteiger partial charge in [-0.15, -0.1) is 0 Å². The average molecular weight is 313 g/mol. The van der Waals surface area contributed by atoms with E-state index < -0.39 is 0 Å². The Morgan fingerprint density at radius 2 is 2.10 bits per heavy atom. The molecule has 0 spiro atoms. The highest BCUT2D eigenvalue weighted by Gasteiger charge is 2.27. The van der Waals surface area contributed by atoms with Crippen LogP contribution in [0.25, 0.3) is 0 Å². The molecule has 20 heavy (non-hydrogen) atoms. The summed E-state index contributed by atoms with van der Waals surface area (Å²) in [6.07, 6.45) is 1.77. The van der Waals surface area contributed by atoms with Crippen molar-refractivity contribution >= 4 is 23.2 Å². The normalized spacial score (nSPS) is 22.9. The van der Waals surface area contributed by atoms with Crippen LogP contribution < -0.4 is 10.9 Å². The van der Waals surface area contributed by atoms with Crippen molar-refractivity contribution in [2.24, 2.45) is 0 Å². The monoisotopic (exact) mass is 312 g/mol. The molecule has 2 heterocycles. The highest BCUT2D eigenvalue weighted by molar-refractivity contribution is 6.35. The molecule has 0 unspecified atom stereocenters. The van der Waals surface area contributed by atoms with E-state index >= 15 is 0 Å². The third kappa shape index (κ3) is 2.77. The molecule has 106 valence electrons. The van der Waals surface area contributed by atoms with Crippen molar-refractivity contribution in [1.82, 2.24) is 10.5 Å². The van der Waals surface area contributed by atoms with Gasteiger partial charge in [0, 0.05) is 28.1 Å². The molecular weight excluding hydrogens is 299 g/mol. The van der Waals surface area contributed by atoms with E-state index in [1.807, 2.05) is 12.1 Å². The number of benzene rings is 1. The zero-order chi connectivity index (χ0) is 14.1. The first-order valence-electron chi connectivity index (χ1n) is 6.50. The number of halogens is 2. The summed E-state index contributed by atoms with van der Waals surface area (Å²) in [5.74, 6) is 0.929. The van der Waals surface area contributed by atoms with Gasteiger partial charge < -0.3 is 9.84 Å². The fourth-order valence-electron chi connectivity index (χ4n) is 2.70. The van der Waals surface area contributed by atoms with Gasteiger partial charge in [-0.3, -0.25) is 4.79 Å². The highest BCUT2D eigenvalue weighted by atomic mass is 35.5. The molecule has 6 heteroatoms. The number of H-pyrrole nitrogens is 1. The lowest BCUT2D eigenvalue weighted by Crippen LogP contribution is -2.31. The van der Waals surface area contributed by atoms with E-state index in [4.69, 9.17) is 27.7 Å². The molecule has 1 aromatic heterocycles. The lowest BCUT2D eigenvalue weighted by Gasteiger charge is -2.29. The summed E-state index contributed by atoms with van der Waals surface area (Å²) in [7, 11) is 0. The van der Waals surface area contributed by atoms with Crippen LogP contribution in [-0.2, 0) is 0 Å². The number of hydrogen-bond donors (Lipinski definition) is 2. The maximum absolute atomic E-state index is 11.2. The van der Waals surface area contributed by atoms with Crippen LogP contribution in [0.2, 0.25) is 10.0 Å². The second kappa shape index (κ2) is 5.64. The number of rotatable bonds is 2. The molecule has 4 nitrogen and oxygen atoms in total. The molecule has 1 saturated heterocycles. The first-order chi connectivity index (χ1) is 9.63. The maximum Gasteiger partial charge on any atom is 0.280 e. The van der Waals surface area contributed by atoms with Crippen LogP contribution in [0.1, 0.15) is 36.1 Å². The van der Waals surface area contributed by atoms with E-state index in [0.29, 0.717) is 15.8 Å². The Labute approximate surface area is 126 Å². The van der Waals surface area contributed by atoms with E-state index in [2.05, 4.69) is 10.5 Å². The van der Waals surface area contributed by atoms with Crippen LogP contribution in [-0.4, -0.2) is 11.7 Å². The van der Waals surface area contributed by atoms with Crippen molar-refractivity contribution in [3.05, 3.63) is 56.0 Å². The topological polar surface area (TPSA) is 58.0 Å². The Balaban J connectivity index is 1.83. The summed E-state index contributed by atoms with van der Waals surface area (Å²) in [4.78, 5) is 11.2. The maximum atomic E-state index is 11.2. The standard InChI is InChI=1S/C14H14Cl2N2O2/c15-9-1-2-10(11(16)6-9)12-5-8(3-4-17-12)13-7-14(19)18-20-13/h1-2,6-8,12,17H,3-5H2,(H,18,19)/t8-,12-/m0/s1. The molecule has 0 aliphatic carbocycles. The number of aromatic amines is 1. The van der Waals surface area contributed by atoms with Gasteiger partial charge in [-0.2, -0.15) is 5.16 Å². The van der Waals surface area contributed by atoms with E-state index in [-0.39, 0.29) is 17.5 Å². The Hall–Kier alpha value is -1.23. The third-order valence-corrected chi connectivity index (χ3v) is 4.25. The SMILES string of the molecule is O=c1cc([C@H]2CCN[C@H](c3ccc(Cl)cc3Cl)C2)o[nH]1. The van der Waals surface area contributed by atoms with Gasteiger partial charge in [0.15, 0.2) is 0 Å². The highest BCUT2D eigenvalue weighted by Crippen LogP contribution is 2.36. The summed E-state index contributed by atoms with van der Waals surface area (Å²) in [5.41, 5.74) is 0.832. The molecule has 1 aliphatic rings. The van der Waals surface area contributed by atoms with Gasteiger partial charge in [0.05, 0.1) is 0 Å². The summed E-state index contributed by atoms with van der Waals surface area (Å²) in [6, 6.07) is 7.19. The second-order valence-corrected chi connectivity index (χ2v) is 5.85. The van der Waals surface area contributed by atoms with Crippen LogP contribution in [0.5, 0.6) is 0 Å². The van der Waals surface area contributed by atoms with Gasteiger partial charge in [-0.1, -0.05) is 29.3 Å². The second-order valence-electron chi connectivity index (χ2n) is 5.01. The minimum Gasteiger partial charge on any atom is -0.383 e. The van der Waals surface area contributed by atoms with Crippen molar-refractivity contribution in [3.8, 4) is 0 Å². The zero-order valence-electron chi connectivity index (χ0n) is 10.7. The molecule has 1 aromatic carbocycles. The Morgan fingerprint density at radius 1 is 1.25 bits per heavy atom. The lowest BCUT2D eigenvalue weighted by atomic mass is 9.87. The van der Waals surface area contributed by atoms with E-state index in [9.17, 15) is 4.79 Å². The van der Waals surface area contributed by atoms with Crippen LogP contribution >= 0.6 is 23.2 Å². The molecule has 0 bridgehead atoms. The van der Waals surface area contributed by atoms with Gasteiger partial charge in [0.2, 0.25) is 0 Å². The molecular formula is C14H14Cl2N2O2. The smallest absolute Gasteiger partial charge is 0.280 e. The van der Waals surface area contributed by atoms with Crippen molar-refractivity contribution in [2.75, 3.05) is 6.54 Å². The first-order valence-corrected chi connectivity index (χ1v) is 7.26. The van der Waals surface area contributed by atoms with Crippen LogP contribution in [0.4, 0.5) is 0 Å². The quantitative estimate of drug-likeness (QED) is 0.892. The summed E-state index contributed by atoms with van der Waals surface area (Å²) in [5, 5.41) is 7.08.